The van der Waals surface area contributed by atoms with Crippen molar-refractivity contribution in [3.05, 3.63) is 35.0 Å². The van der Waals surface area contributed by atoms with E-state index < -0.39 is 6.04 Å². The minimum Gasteiger partial charge on any atom is -0.352 e. The van der Waals surface area contributed by atoms with Crippen LogP contribution in [0.15, 0.2) is 24.3 Å². The van der Waals surface area contributed by atoms with Crippen LogP contribution in [0.1, 0.15) is 16.9 Å². The number of amides is 3. The number of hydrogen-bond donors (Lipinski definition) is 3. The number of aromatic nitrogens is 1. The summed E-state index contributed by atoms with van der Waals surface area (Å²) in [6, 6.07) is 6.22. The molecule has 0 spiro atoms. The zero-order valence-corrected chi connectivity index (χ0v) is 13.8. The van der Waals surface area contributed by atoms with Gasteiger partial charge in [-0.2, -0.15) is 0 Å². The Hall–Kier alpha value is -2.54. The summed E-state index contributed by atoms with van der Waals surface area (Å²) in [6.07, 6.45) is 0.720. The Labute approximate surface area is 143 Å². The number of halogens is 1. The Morgan fingerprint density at radius 2 is 2.17 bits per heavy atom. The largest absolute Gasteiger partial charge is 0.352 e. The topological polar surface area (TPSA) is 94.3 Å². The van der Waals surface area contributed by atoms with Gasteiger partial charge in [-0.1, -0.05) is 11.6 Å². The third kappa shape index (κ3) is 3.21. The third-order valence-electron chi connectivity index (χ3n) is 4.20. The molecule has 1 aromatic heterocycles. The standard InChI is InChI=1S/C16H17ClN4O3/c1-21-7-14(18-8-22)12(6-15(21)23)20-16(24)13-5-9-4-10(17)2-3-11(9)19-13/h2-5,8,12,14,19H,6-7H2,1H3,(H,18,22)(H,20,24)/t12-,14+/m1/s1. The van der Waals surface area contributed by atoms with E-state index in [1.807, 2.05) is 0 Å². The molecule has 0 bridgehead atoms. The van der Waals surface area contributed by atoms with Crippen LogP contribution < -0.4 is 10.6 Å². The van der Waals surface area contributed by atoms with Crippen LogP contribution in [0.5, 0.6) is 0 Å². The number of benzene rings is 1. The number of piperidine rings is 1. The summed E-state index contributed by atoms with van der Waals surface area (Å²) >= 11 is 5.95. The molecule has 7 nitrogen and oxygen atoms in total. The molecule has 2 aromatic rings. The number of likely N-dealkylation sites (N-methyl/N-ethyl adjacent to an activating group) is 1. The number of aromatic amines is 1. The Balaban J connectivity index is 1.78. The van der Waals surface area contributed by atoms with Crippen LogP contribution >= 0.6 is 11.6 Å². The number of likely N-dealkylation sites (tertiary alicyclic amines) is 1. The van der Waals surface area contributed by atoms with E-state index in [1.54, 1.807) is 31.3 Å². The molecule has 2 heterocycles. The first-order valence-electron chi connectivity index (χ1n) is 7.50. The Morgan fingerprint density at radius 3 is 2.92 bits per heavy atom. The Morgan fingerprint density at radius 1 is 1.38 bits per heavy atom. The fourth-order valence-corrected chi connectivity index (χ4v) is 3.07. The highest BCUT2D eigenvalue weighted by Gasteiger charge is 2.33. The van der Waals surface area contributed by atoms with Crippen molar-refractivity contribution in [3.8, 4) is 0 Å². The molecule has 0 saturated carbocycles. The molecule has 0 aliphatic carbocycles. The number of H-pyrrole nitrogens is 1. The van der Waals surface area contributed by atoms with Crippen LogP contribution in [0.4, 0.5) is 0 Å². The van der Waals surface area contributed by atoms with Gasteiger partial charge in [0.15, 0.2) is 0 Å². The third-order valence-corrected chi connectivity index (χ3v) is 4.44. The quantitative estimate of drug-likeness (QED) is 0.716. The number of hydrogen-bond acceptors (Lipinski definition) is 3. The Kier molecular flexibility index (Phi) is 4.44. The van der Waals surface area contributed by atoms with E-state index in [-0.39, 0.29) is 24.3 Å². The molecule has 3 rings (SSSR count). The maximum absolute atomic E-state index is 12.5. The van der Waals surface area contributed by atoms with Crippen molar-refractivity contribution < 1.29 is 14.4 Å². The normalized spacial score (nSPS) is 20.9. The van der Waals surface area contributed by atoms with Gasteiger partial charge in [-0.3, -0.25) is 14.4 Å². The molecule has 2 atom stereocenters. The van der Waals surface area contributed by atoms with Gasteiger partial charge in [0.2, 0.25) is 12.3 Å². The molecule has 1 aliphatic rings. The van der Waals surface area contributed by atoms with E-state index in [2.05, 4.69) is 15.6 Å². The highest BCUT2D eigenvalue weighted by molar-refractivity contribution is 6.31. The lowest BCUT2D eigenvalue weighted by Crippen LogP contribution is -2.60. The van der Waals surface area contributed by atoms with Gasteiger partial charge in [-0.05, 0) is 24.3 Å². The van der Waals surface area contributed by atoms with Crippen molar-refractivity contribution in [1.29, 1.82) is 0 Å². The molecule has 126 valence electrons. The summed E-state index contributed by atoms with van der Waals surface area (Å²) in [5, 5.41) is 6.90. The smallest absolute Gasteiger partial charge is 0.268 e. The lowest BCUT2D eigenvalue weighted by Gasteiger charge is -2.36. The van der Waals surface area contributed by atoms with E-state index in [0.29, 0.717) is 23.7 Å². The van der Waals surface area contributed by atoms with E-state index in [9.17, 15) is 14.4 Å². The number of rotatable bonds is 4. The number of carbonyl (C=O) groups is 3. The van der Waals surface area contributed by atoms with Gasteiger partial charge in [-0.15, -0.1) is 0 Å². The molecular weight excluding hydrogens is 332 g/mol. The van der Waals surface area contributed by atoms with Crippen LogP contribution in [-0.4, -0.2) is 53.8 Å². The van der Waals surface area contributed by atoms with Crippen LogP contribution in [0, 0.1) is 0 Å². The molecule has 1 aromatic carbocycles. The molecule has 3 N–H and O–H groups in total. The van der Waals surface area contributed by atoms with Crippen LogP contribution in [0.3, 0.4) is 0 Å². The molecular formula is C16H17ClN4O3. The van der Waals surface area contributed by atoms with Gasteiger partial charge in [0.25, 0.3) is 5.91 Å². The lowest BCUT2D eigenvalue weighted by atomic mass is 9.99. The summed E-state index contributed by atoms with van der Waals surface area (Å²) in [7, 11) is 1.67. The fourth-order valence-electron chi connectivity index (χ4n) is 2.89. The van der Waals surface area contributed by atoms with Gasteiger partial charge < -0.3 is 20.5 Å². The second kappa shape index (κ2) is 6.52. The summed E-state index contributed by atoms with van der Waals surface area (Å²) in [5.74, 6) is -0.407. The average molecular weight is 349 g/mol. The Bertz CT molecular complexity index is 804. The molecule has 0 radical (unpaired) electrons. The monoisotopic (exact) mass is 348 g/mol. The maximum atomic E-state index is 12.5. The molecule has 0 unspecified atom stereocenters. The number of nitrogens with one attached hydrogen (secondary N) is 3. The molecule has 1 aliphatic heterocycles. The van der Waals surface area contributed by atoms with Crippen molar-refractivity contribution in [3.63, 3.8) is 0 Å². The highest BCUT2D eigenvalue weighted by Crippen LogP contribution is 2.20. The van der Waals surface area contributed by atoms with Crippen LogP contribution in [0.25, 0.3) is 10.9 Å². The predicted molar refractivity (Wildman–Crippen MR) is 89.8 cm³/mol. The van der Waals surface area contributed by atoms with E-state index in [1.165, 1.54) is 4.90 Å². The van der Waals surface area contributed by atoms with Gasteiger partial charge in [0, 0.05) is 35.9 Å². The predicted octanol–water partition coefficient (Wildman–Crippen LogP) is 0.896. The van der Waals surface area contributed by atoms with E-state index in [4.69, 9.17) is 11.6 Å². The molecule has 1 saturated heterocycles. The van der Waals surface area contributed by atoms with Crippen LogP contribution in [-0.2, 0) is 9.59 Å². The first kappa shape index (κ1) is 16.3. The summed E-state index contributed by atoms with van der Waals surface area (Å²) in [4.78, 5) is 39.7. The molecule has 3 amide bonds. The van der Waals surface area contributed by atoms with Crippen LogP contribution in [0.2, 0.25) is 5.02 Å². The maximum Gasteiger partial charge on any atom is 0.268 e. The van der Waals surface area contributed by atoms with E-state index >= 15 is 0 Å². The second-order valence-electron chi connectivity index (χ2n) is 5.86. The van der Waals surface area contributed by atoms with Crippen molar-refractivity contribution in [2.75, 3.05) is 13.6 Å². The first-order chi connectivity index (χ1) is 11.5. The van der Waals surface area contributed by atoms with Crippen molar-refractivity contribution >= 4 is 40.7 Å². The lowest BCUT2D eigenvalue weighted by molar-refractivity contribution is -0.134. The van der Waals surface area contributed by atoms with Gasteiger partial charge in [0.05, 0.1) is 12.1 Å². The number of carbonyl (C=O) groups excluding carboxylic acids is 3. The molecule has 1 fully saturated rings. The van der Waals surface area contributed by atoms with Crippen molar-refractivity contribution in [1.82, 2.24) is 20.5 Å². The van der Waals surface area contributed by atoms with E-state index in [0.717, 1.165) is 10.9 Å². The average Bonchev–Trinajstić information content (AvgIpc) is 2.95. The summed E-state index contributed by atoms with van der Waals surface area (Å²) in [5.41, 5.74) is 1.18. The van der Waals surface area contributed by atoms with Gasteiger partial charge in [-0.25, -0.2) is 0 Å². The zero-order chi connectivity index (χ0) is 17.3. The van der Waals surface area contributed by atoms with Gasteiger partial charge in [0.1, 0.15) is 5.69 Å². The van der Waals surface area contributed by atoms with Crippen molar-refractivity contribution in [2.24, 2.45) is 0 Å². The summed E-state index contributed by atoms with van der Waals surface area (Å²) < 4.78 is 0. The van der Waals surface area contributed by atoms with Gasteiger partial charge >= 0.3 is 0 Å². The first-order valence-corrected chi connectivity index (χ1v) is 7.88. The number of nitrogens with zero attached hydrogens (tertiary/aromatic N) is 1. The number of fused-ring (bicyclic) bond motifs is 1. The minimum absolute atomic E-state index is 0.0762. The molecule has 24 heavy (non-hydrogen) atoms. The van der Waals surface area contributed by atoms with Crippen molar-refractivity contribution in [2.45, 2.75) is 18.5 Å². The highest BCUT2D eigenvalue weighted by atomic mass is 35.5. The minimum atomic E-state index is -0.457. The zero-order valence-electron chi connectivity index (χ0n) is 13.0. The fraction of sp³-hybridized carbons (Fsp3) is 0.312. The second-order valence-corrected chi connectivity index (χ2v) is 6.30. The summed E-state index contributed by atoms with van der Waals surface area (Å²) in [6.45, 7) is 0.352. The SMILES string of the molecule is CN1C[C@H](NC=O)[C@H](NC(=O)c2cc3cc(Cl)ccc3[nH]2)CC1=O. The molecule has 8 heteroatoms.